The number of carbonyl (C=O) groups excluding carboxylic acids is 2. The fraction of sp³-hybridized carbons (Fsp3) is 0.429. The van der Waals surface area contributed by atoms with Gasteiger partial charge in [0.05, 0.1) is 26.4 Å². The number of ketones is 1. The second kappa shape index (κ2) is 14.4. The number of rotatable bonds is 14. The SMILES string of the molecule is CCOC(=O)CC(=O)CC(O)/C=C/c1c(C(C)C)cc(OCCOC)c(OC)c1-c1ccc(F)cc1. The number of aliphatic hydroxyl groups is 1. The molecule has 0 bridgehead atoms. The van der Waals surface area contributed by atoms with Crippen LogP contribution in [0.5, 0.6) is 11.5 Å². The van der Waals surface area contributed by atoms with Crippen LogP contribution in [0.3, 0.4) is 0 Å². The normalized spacial score (nSPS) is 12.1. The van der Waals surface area contributed by atoms with Crippen molar-refractivity contribution in [2.24, 2.45) is 0 Å². The average Bonchev–Trinajstić information content (AvgIpc) is 2.82. The number of Topliss-reactive ketones (excluding diaryl/α,β-unsaturated/α-hetero) is 1. The van der Waals surface area contributed by atoms with Crippen LogP contribution in [0.1, 0.15) is 50.7 Å². The zero-order valence-electron chi connectivity index (χ0n) is 21.5. The van der Waals surface area contributed by atoms with Crippen LogP contribution in [0.25, 0.3) is 17.2 Å². The molecule has 1 atom stereocenters. The molecule has 0 aromatic heterocycles. The van der Waals surface area contributed by atoms with Crippen molar-refractivity contribution in [1.29, 1.82) is 0 Å². The summed E-state index contributed by atoms with van der Waals surface area (Å²) in [4.78, 5) is 23.7. The van der Waals surface area contributed by atoms with Crippen LogP contribution in [-0.2, 0) is 19.1 Å². The molecule has 0 heterocycles. The van der Waals surface area contributed by atoms with E-state index < -0.39 is 24.3 Å². The molecule has 1 unspecified atom stereocenters. The molecular weight excluding hydrogens is 467 g/mol. The van der Waals surface area contributed by atoms with E-state index in [2.05, 4.69) is 0 Å². The van der Waals surface area contributed by atoms with E-state index in [0.717, 1.165) is 11.1 Å². The van der Waals surface area contributed by atoms with Crippen LogP contribution in [0.4, 0.5) is 4.39 Å². The molecule has 8 heteroatoms. The van der Waals surface area contributed by atoms with Crippen molar-refractivity contribution in [2.75, 3.05) is 34.0 Å². The smallest absolute Gasteiger partial charge is 0.313 e. The summed E-state index contributed by atoms with van der Waals surface area (Å²) >= 11 is 0. The molecule has 0 radical (unpaired) electrons. The van der Waals surface area contributed by atoms with E-state index in [1.54, 1.807) is 32.2 Å². The summed E-state index contributed by atoms with van der Waals surface area (Å²) in [5, 5.41) is 10.5. The summed E-state index contributed by atoms with van der Waals surface area (Å²) in [5.41, 5.74) is 3.01. The van der Waals surface area contributed by atoms with Gasteiger partial charge >= 0.3 is 5.97 Å². The first-order valence-corrected chi connectivity index (χ1v) is 11.9. The molecule has 0 aliphatic heterocycles. The molecule has 36 heavy (non-hydrogen) atoms. The highest BCUT2D eigenvalue weighted by molar-refractivity contribution is 5.96. The number of methoxy groups -OCH3 is 2. The van der Waals surface area contributed by atoms with Gasteiger partial charge in [-0.05, 0) is 47.7 Å². The molecule has 7 nitrogen and oxygen atoms in total. The second-order valence-electron chi connectivity index (χ2n) is 8.44. The predicted molar refractivity (Wildman–Crippen MR) is 136 cm³/mol. The van der Waals surface area contributed by atoms with E-state index in [4.69, 9.17) is 18.9 Å². The van der Waals surface area contributed by atoms with Gasteiger partial charge in [-0.1, -0.05) is 38.1 Å². The van der Waals surface area contributed by atoms with E-state index in [0.29, 0.717) is 35.8 Å². The lowest BCUT2D eigenvalue weighted by Crippen LogP contribution is -2.16. The highest BCUT2D eigenvalue weighted by atomic mass is 19.1. The Bertz CT molecular complexity index is 1040. The molecule has 2 rings (SSSR count). The van der Waals surface area contributed by atoms with E-state index in [9.17, 15) is 19.1 Å². The Morgan fingerprint density at radius 1 is 1.11 bits per heavy atom. The maximum atomic E-state index is 13.7. The molecule has 0 saturated carbocycles. The molecule has 0 aliphatic carbocycles. The van der Waals surface area contributed by atoms with Crippen molar-refractivity contribution in [2.45, 2.75) is 45.6 Å². The first-order chi connectivity index (χ1) is 17.2. The van der Waals surface area contributed by atoms with Crippen LogP contribution in [0.15, 0.2) is 36.4 Å². The molecule has 0 aliphatic rings. The summed E-state index contributed by atoms with van der Waals surface area (Å²) in [7, 11) is 3.11. The minimum Gasteiger partial charge on any atom is -0.492 e. The lowest BCUT2D eigenvalue weighted by Gasteiger charge is -2.22. The summed E-state index contributed by atoms with van der Waals surface area (Å²) < 4.78 is 35.3. The van der Waals surface area contributed by atoms with Gasteiger partial charge < -0.3 is 24.1 Å². The summed E-state index contributed by atoms with van der Waals surface area (Å²) in [5.74, 6) is -0.389. The molecule has 0 amide bonds. The van der Waals surface area contributed by atoms with Gasteiger partial charge in [-0.3, -0.25) is 9.59 Å². The Hall–Kier alpha value is -3.23. The first-order valence-electron chi connectivity index (χ1n) is 11.9. The average molecular weight is 503 g/mol. The van der Waals surface area contributed by atoms with Crippen LogP contribution in [0, 0.1) is 5.82 Å². The van der Waals surface area contributed by atoms with Gasteiger partial charge in [0.2, 0.25) is 0 Å². The van der Waals surface area contributed by atoms with E-state index in [1.165, 1.54) is 25.3 Å². The minimum atomic E-state index is -1.11. The Morgan fingerprint density at radius 3 is 2.39 bits per heavy atom. The highest BCUT2D eigenvalue weighted by Gasteiger charge is 2.22. The number of hydrogen-bond donors (Lipinski definition) is 1. The number of ether oxygens (including phenoxy) is 4. The zero-order chi connectivity index (χ0) is 26.7. The maximum absolute atomic E-state index is 13.7. The second-order valence-corrected chi connectivity index (χ2v) is 8.44. The number of benzene rings is 2. The van der Waals surface area contributed by atoms with Crippen molar-refractivity contribution in [3.8, 4) is 22.6 Å². The lowest BCUT2D eigenvalue weighted by molar-refractivity contribution is -0.145. The topological polar surface area (TPSA) is 91.3 Å². The predicted octanol–water partition coefficient (Wildman–Crippen LogP) is 4.94. The third kappa shape index (κ3) is 8.17. The van der Waals surface area contributed by atoms with E-state index in [-0.39, 0.29) is 24.8 Å². The monoisotopic (exact) mass is 502 g/mol. The third-order valence-corrected chi connectivity index (χ3v) is 5.39. The van der Waals surface area contributed by atoms with Crippen LogP contribution >= 0.6 is 0 Å². The first kappa shape index (κ1) is 29.0. The van der Waals surface area contributed by atoms with Crippen LogP contribution in [-0.4, -0.2) is 57.0 Å². The Morgan fingerprint density at radius 2 is 1.81 bits per heavy atom. The summed E-state index contributed by atoms with van der Waals surface area (Å²) in [6, 6.07) is 7.89. The van der Waals surface area contributed by atoms with Crippen LogP contribution in [0.2, 0.25) is 0 Å². The van der Waals surface area contributed by atoms with Crippen molar-refractivity contribution in [1.82, 2.24) is 0 Å². The highest BCUT2D eigenvalue weighted by Crippen LogP contribution is 2.45. The Labute approximate surface area is 211 Å². The molecule has 0 saturated heterocycles. The van der Waals surface area contributed by atoms with Crippen molar-refractivity contribution < 1.29 is 38.0 Å². The largest absolute Gasteiger partial charge is 0.492 e. The van der Waals surface area contributed by atoms with Gasteiger partial charge in [-0.25, -0.2) is 4.39 Å². The maximum Gasteiger partial charge on any atom is 0.313 e. The van der Waals surface area contributed by atoms with E-state index in [1.807, 2.05) is 19.9 Å². The zero-order valence-corrected chi connectivity index (χ0v) is 21.5. The fourth-order valence-corrected chi connectivity index (χ4v) is 3.73. The van der Waals surface area contributed by atoms with Gasteiger partial charge in [-0.2, -0.15) is 0 Å². The molecule has 1 N–H and O–H groups in total. The Kier molecular flexibility index (Phi) is 11.6. The van der Waals surface area contributed by atoms with E-state index >= 15 is 0 Å². The van der Waals surface area contributed by atoms with Gasteiger partial charge in [-0.15, -0.1) is 0 Å². The fourth-order valence-electron chi connectivity index (χ4n) is 3.73. The molecule has 2 aromatic carbocycles. The lowest BCUT2D eigenvalue weighted by atomic mass is 9.88. The number of esters is 1. The third-order valence-electron chi connectivity index (χ3n) is 5.39. The molecule has 0 spiro atoms. The molecule has 2 aromatic rings. The van der Waals surface area contributed by atoms with Crippen molar-refractivity contribution in [3.63, 3.8) is 0 Å². The summed E-state index contributed by atoms with van der Waals surface area (Å²) in [6.45, 7) is 6.58. The van der Waals surface area contributed by atoms with Crippen molar-refractivity contribution >= 4 is 17.8 Å². The van der Waals surface area contributed by atoms with Gasteiger partial charge in [0, 0.05) is 19.1 Å². The molecule has 0 fully saturated rings. The Balaban J connectivity index is 2.53. The number of halogens is 1. The minimum absolute atomic E-state index is 0.0575. The summed E-state index contributed by atoms with van der Waals surface area (Å²) in [6.07, 6.45) is 1.49. The molecular formula is C28H35FO7. The van der Waals surface area contributed by atoms with Gasteiger partial charge in [0.25, 0.3) is 0 Å². The standard InChI is InChI=1S/C28H35FO7/c1-6-35-26(32)16-22(31)15-21(30)11-12-23-24(18(2)3)17-25(36-14-13-33-4)28(34-5)27(23)19-7-9-20(29)10-8-19/h7-12,17-18,21,30H,6,13-16H2,1-5H3/b12-11+. The number of aliphatic hydroxyl groups excluding tert-OH is 1. The number of carbonyl (C=O) groups is 2. The number of hydrogen-bond acceptors (Lipinski definition) is 7. The quantitative estimate of drug-likeness (QED) is 0.222. The van der Waals surface area contributed by atoms with Crippen LogP contribution < -0.4 is 9.47 Å². The van der Waals surface area contributed by atoms with Crippen molar-refractivity contribution in [3.05, 3.63) is 53.4 Å². The van der Waals surface area contributed by atoms with Gasteiger partial charge in [0.15, 0.2) is 11.5 Å². The van der Waals surface area contributed by atoms with Gasteiger partial charge in [0.1, 0.15) is 24.6 Å². The molecule has 196 valence electrons.